The molecule has 1 aromatic heterocycles. The van der Waals surface area contributed by atoms with E-state index >= 15 is 0 Å². The number of aromatic nitrogens is 1. The van der Waals surface area contributed by atoms with Crippen molar-refractivity contribution in [3.05, 3.63) is 71.9 Å². The van der Waals surface area contributed by atoms with Gasteiger partial charge in [-0.3, -0.25) is 0 Å². The van der Waals surface area contributed by atoms with E-state index in [-0.39, 0.29) is 0 Å². The maximum atomic E-state index is 3.35. The van der Waals surface area contributed by atoms with Crippen LogP contribution in [0, 0.1) is 17.8 Å². The van der Waals surface area contributed by atoms with E-state index < -0.39 is 0 Å². The van der Waals surface area contributed by atoms with Gasteiger partial charge in [-0.1, -0.05) is 48.2 Å². The van der Waals surface area contributed by atoms with Crippen molar-refractivity contribution < 1.29 is 0 Å². The first-order valence-corrected chi connectivity index (χ1v) is 9.69. The van der Waals surface area contributed by atoms with Crippen molar-refractivity contribution in [2.24, 2.45) is 5.92 Å². The van der Waals surface area contributed by atoms with Crippen molar-refractivity contribution >= 4 is 10.9 Å². The van der Waals surface area contributed by atoms with E-state index in [2.05, 4.69) is 76.3 Å². The highest BCUT2D eigenvalue weighted by Crippen LogP contribution is 2.21. The van der Waals surface area contributed by atoms with Crippen LogP contribution in [-0.4, -0.2) is 29.5 Å². The zero-order chi connectivity index (χ0) is 17.6. The maximum absolute atomic E-state index is 3.35. The fourth-order valence-corrected chi connectivity index (χ4v) is 3.87. The van der Waals surface area contributed by atoms with Crippen LogP contribution in [-0.2, 0) is 6.42 Å². The number of hydrogen-bond donors (Lipinski definition) is 1. The van der Waals surface area contributed by atoms with Gasteiger partial charge in [-0.2, -0.15) is 0 Å². The minimum atomic E-state index is 0.840. The van der Waals surface area contributed by atoms with E-state index in [1.165, 1.54) is 43.3 Å². The van der Waals surface area contributed by atoms with Crippen LogP contribution in [0.15, 0.2) is 60.8 Å². The van der Waals surface area contributed by atoms with Crippen molar-refractivity contribution in [3.63, 3.8) is 0 Å². The lowest BCUT2D eigenvalue weighted by atomic mass is 9.90. The molecule has 0 atom stereocenters. The van der Waals surface area contributed by atoms with Crippen molar-refractivity contribution in [3.8, 4) is 11.8 Å². The minimum absolute atomic E-state index is 0.840. The average molecular weight is 342 g/mol. The summed E-state index contributed by atoms with van der Waals surface area (Å²) in [4.78, 5) is 5.82. The summed E-state index contributed by atoms with van der Waals surface area (Å²) in [5.41, 5.74) is 3.75. The Morgan fingerprint density at radius 3 is 2.69 bits per heavy atom. The molecule has 0 aliphatic carbocycles. The smallest absolute Gasteiger partial charge is 0.0466 e. The SMILES string of the molecule is C(#Cc1ccc2cc[nH]c2c1)CCN1CCC(Cc2ccccc2)CC1. The first-order chi connectivity index (χ1) is 12.9. The van der Waals surface area contributed by atoms with E-state index in [0.717, 1.165) is 30.0 Å². The molecule has 1 fully saturated rings. The number of likely N-dealkylation sites (tertiary alicyclic amines) is 1. The van der Waals surface area contributed by atoms with Gasteiger partial charge in [0, 0.05) is 30.2 Å². The second kappa shape index (κ2) is 8.25. The third-order valence-electron chi connectivity index (χ3n) is 5.42. The van der Waals surface area contributed by atoms with E-state index in [9.17, 15) is 0 Å². The van der Waals surface area contributed by atoms with E-state index in [1.807, 2.05) is 6.20 Å². The van der Waals surface area contributed by atoms with Crippen molar-refractivity contribution in [1.82, 2.24) is 9.88 Å². The van der Waals surface area contributed by atoms with Crippen LogP contribution < -0.4 is 0 Å². The third-order valence-corrected chi connectivity index (χ3v) is 5.42. The van der Waals surface area contributed by atoms with Gasteiger partial charge in [0.05, 0.1) is 0 Å². The number of H-pyrrole nitrogens is 1. The molecule has 26 heavy (non-hydrogen) atoms. The number of nitrogens with one attached hydrogen (secondary N) is 1. The van der Waals surface area contributed by atoms with Gasteiger partial charge >= 0.3 is 0 Å². The van der Waals surface area contributed by atoms with Gasteiger partial charge < -0.3 is 9.88 Å². The van der Waals surface area contributed by atoms with Crippen LogP contribution in [0.4, 0.5) is 0 Å². The molecule has 1 aliphatic heterocycles. The highest BCUT2D eigenvalue weighted by molar-refractivity contribution is 5.80. The maximum Gasteiger partial charge on any atom is 0.0466 e. The Bertz CT molecular complexity index is 890. The average Bonchev–Trinajstić information content (AvgIpc) is 3.15. The zero-order valence-electron chi connectivity index (χ0n) is 15.2. The monoisotopic (exact) mass is 342 g/mol. The molecule has 2 heteroatoms. The lowest BCUT2D eigenvalue weighted by molar-refractivity contribution is 0.187. The molecule has 0 unspecified atom stereocenters. The van der Waals surface area contributed by atoms with Gasteiger partial charge in [0.1, 0.15) is 0 Å². The highest BCUT2D eigenvalue weighted by Gasteiger charge is 2.18. The normalized spacial score (nSPS) is 15.7. The van der Waals surface area contributed by atoms with Gasteiger partial charge in [0.25, 0.3) is 0 Å². The Morgan fingerprint density at radius 1 is 1.00 bits per heavy atom. The summed E-state index contributed by atoms with van der Waals surface area (Å²) < 4.78 is 0. The van der Waals surface area contributed by atoms with Gasteiger partial charge in [-0.05, 0) is 67.4 Å². The van der Waals surface area contributed by atoms with Crippen LogP contribution in [0.1, 0.15) is 30.4 Å². The van der Waals surface area contributed by atoms with Crippen molar-refractivity contribution in [2.75, 3.05) is 19.6 Å². The Morgan fingerprint density at radius 2 is 1.85 bits per heavy atom. The van der Waals surface area contributed by atoms with E-state index in [1.54, 1.807) is 0 Å². The molecule has 0 bridgehead atoms. The quantitative estimate of drug-likeness (QED) is 0.671. The number of piperidine rings is 1. The van der Waals surface area contributed by atoms with Gasteiger partial charge in [-0.25, -0.2) is 0 Å². The predicted molar refractivity (Wildman–Crippen MR) is 109 cm³/mol. The number of hydrogen-bond acceptors (Lipinski definition) is 1. The first kappa shape index (κ1) is 16.9. The fourth-order valence-electron chi connectivity index (χ4n) is 3.87. The lowest BCUT2D eigenvalue weighted by Crippen LogP contribution is -2.34. The standard InChI is InChI=1S/C24H26N2/c1-2-6-20(7-3-1)18-22-12-16-26(17-13-22)15-5-4-8-21-9-10-23-11-14-25-24(23)19-21/h1-3,6-7,9-11,14,19,22,25H,5,12-13,15-18H2. The van der Waals surface area contributed by atoms with Gasteiger partial charge in [0.15, 0.2) is 0 Å². The first-order valence-electron chi connectivity index (χ1n) is 9.69. The van der Waals surface area contributed by atoms with Crippen LogP contribution in [0.5, 0.6) is 0 Å². The number of fused-ring (bicyclic) bond motifs is 1. The van der Waals surface area contributed by atoms with Gasteiger partial charge in [0.2, 0.25) is 0 Å². The molecule has 4 rings (SSSR count). The molecule has 132 valence electrons. The molecule has 1 N–H and O–H groups in total. The molecule has 0 amide bonds. The Kier molecular flexibility index (Phi) is 5.38. The third kappa shape index (κ3) is 4.36. The summed E-state index contributed by atoms with van der Waals surface area (Å²) in [6.45, 7) is 3.52. The number of aromatic amines is 1. The van der Waals surface area contributed by atoms with Crippen LogP contribution in [0.25, 0.3) is 10.9 Å². The largest absolute Gasteiger partial charge is 0.361 e. The molecule has 2 nitrogen and oxygen atoms in total. The van der Waals surface area contributed by atoms with E-state index in [0.29, 0.717) is 0 Å². The second-order valence-corrected chi connectivity index (χ2v) is 7.31. The Balaban J connectivity index is 1.21. The van der Waals surface area contributed by atoms with Crippen molar-refractivity contribution in [1.29, 1.82) is 0 Å². The fraction of sp³-hybridized carbons (Fsp3) is 0.333. The molecule has 0 spiro atoms. The molecule has 3 aromatic rings. The summed E-state index contributed by atoms with van der Waals surface area (Å²) in [6, 6.07) is 19.4. The van der Waals surface area contributed by atoms with E-state index in [4.69, 9.17) is 0 Å². The molecular formula is C24H26N2. The Hall–Kier alpha value is -2.50. The highest BCUT2D eigenvalue weighted by atomic mass is 15.1. The lowest BCUT2D eigenvalue weighted by Gasteiger charge is -2.31. The van der Waals surface area contributed by atoms with Crippen molar-refractivity contribution in [2.45, 2.75) is 25.7 Å². The molecule has 1 saturated heterocycles. The molecule has 0 radical (unpaired) electrons. The van der Waals surface area contributed by atoms with Crippen LogP contribution in [0.3, 0.4) is 0 Å². The zero-order valence-corrected chi connectivity index (χ0v) is 15.2. The minimum Gasteiger partial charge on any atom is -0.361 e. The summed E-state index contributed by atoms with van der Waals surface area (Å²) in [6.07, 6.45) is 6.78. The molecule has 0 saturated carbocycles. The topological polar surface area (TPSA) is 19.0 Å². The summed E-state index contributed by atoms with van der Waals surface area (Å²) in [5.74, 6) is 7.50. The Labute approximate surface area is 156 Å². The van der Waals surface area contributed by atoms with Gasteiger partial charge in [-0.15, -0.1) is 0 Å². The molecule has 1 aliphatic rings. The number of nitrogens with zero attached hydrogens (tertiary/aromatic N) is 1. The molecular weight excluding hydrogens is 316 g/mol. The molecule has 2 aromatic carbocycles. The number of rotatable bonds is 4. The van der Waals surface area contributed by atoms with Crippen LogP contribution in [0.2, 0.25) is 0 Å². The summed E-state index contributed by atoms with van der Waals surface area (Å²) >= 11 is 0. The number of benzene rings is 2. The summed E-state index contributed by atoms with van der Waals surface area (Å²) in [7, 11) is 0. The molecule has 2 heterocycles. The predicted octanol–water partition coefficient (Wildman–Crippen LogP) is 4.86. The summed E-state index contributed by atoms with van der Waals surface area (Å²) in [5, 5.41) is 1.24. The van der Waals surface area contributed by atoms with Crippen LogP contribution >= 0.6 is 0 Å². The second-order valence-electron chi connectivity index (χ2n) is 7.31.